The molecule has 0 bridgehead atoms. The van der Waals surface area contributed by atoms with Crippen molar-refractivity contribution in [3.63, 3.8) is 0 Å². The summed E-state index contributed by atoms with van der Waals surface area (Å²) in [5.41, 5.74) is 14.9. The molecule has 0 spiro atoms. The Hall–Kier alpha value is -6.78. The number of aromatic nitrogens is 4. The minimum Gasteiger partial charge on any atom is -0.449 e. The second kappa shape index (κ2) is 16.8. The molecule has 0 saturated heterocycles. The zero-order valence-corrected chi connectivity index (χ0v) is 41.9. The monoisotopic (exact) mass is 930 g/mol. The molecule has 340 valence electrons. The molecule has 1 aliphatic rings. The van der Waals surface area contributed by atoms with E-state index in [1.54, 1.807) is 0 Å². The van der Waals surface area contributed by atoms with Crippen LogP contribution in [-0.2, 0) is 11.8 Å². The zero-order chi connectivity index (χ0) is 47.2. The Labute approximate surface area is 401 Å². The van der Waals surface area contributed by atoms with Crippen LogP contribution < -0.4 is 13.8 Å². The molecule has 7 nitrogen and oxygen atoms in total. The summed E-state index contributed by atoms with van der Waals surface area (Å²) >= 11 is 0. The van der Waals surface area contributed by atoms with Gasteiger partial charge < -0.3 is 13.8 Å². The standard InChI is InChI=1S/C59H56N4O3P2/c1-11-38(4)44-31-50-58(56(32-44)66-68(62-35-41(7)47-22-14-18-26-53(47)62)63-36-42(8)48-23-15-19-27-54(48)63)64-57-49(59(50,9)10)29-43(28-37(2)3)30-55(57)65-67(60-33-39(5)45-20-12-16-24-51(45)60)61-34-40(6)46-21-13-17-25-52(46)61/h12-27,29-36H,2,4,11,28H2,1,3,5-10H3. The molecular weight excluding hydrogens is 875 g/mol. The van der Waals surface area contributed by atoms with Crippen molar-refractivity contribution in [1.82, 2.24) is 17.4 Å². The van der Waals surface area contributed by atoms with Crippen molar-refractivity contribution in [3.8, 4) is 23.0 Å². The SMILES string of the molecule is C=C(C)Cc1cc(OP(n2cc(C)c3ccccc32)n2cc(C)c3ccccc32)c2c(c1)C(C)(C)c1cc(C(=C)CC)cc(OP(n3cc(C)c4ccccc43)n3cc(C)c4ccccc43)c1O2. The summed E-state index contributed by atoms with van der Waals surface area (Å²) in [7, 11) is -3.16. The Bertz CT molecular complexity index is 3520. The predicted octanol–water partition coefficient (Wildman–Crippen LogP) is 17.1. The van der Waals surface area contributed by atoms with Crippen molar-refractivity contribution < 1.29 is 13.8 Å². The summed E-state index contributed by atoms with van der Waals surface area (Å²) in [5, 5.41) is 4.78. The molecule has 1 aliphatic heterocycles. The fourth-order valence-corrected chi connectivity index (χ4v) is 14.0. The number of rotatable bonds is 12. The average molecular weight is 931 g/mol. The largest absolute Gasteiger partial charge is 0.449 e. The van der Waals surface area contributed by atoms with Gasteiger partial charge in [0.2, 0.25) is 0 Å². The first-order chi connectivity index (χ1) is 32.8. The average Bonchev–Trinajstić information content (AvgIpc) is 4.07. The molecule has 10 aromatic rings. The van der Waals surface area contributed by atoms with Crippen LogP contribution in [0, 0.1) is 27.7 Å². The second-order valence-corrected chi connectivity index (χ2v) is 22.1. The van der Waals surface area contributed by atoms with Crippen molar-refractivity contribution >= 4 is 66.1 Å². The topological polar surface area (TPSA) is 47.4 Å². The Morgan fingerprint density at radius 3 is 1.29 bits per heavy atom. The summed E-state index contributed by atoms with van der Waals surface area (Å²) in [4.78, 5) is 0. The van der Waals surface area contributed by atoms with E-state index in [0.29, 0.717) is 29.4 Å². The van der Waals surface area contributed by atoms with E-state index >= 15 is 0 Å². The van der Waals surface area contributed by atoms with Gasteiger partial charge in [0.1, 0.15) is 0 Å². The van der Waals surface area contributed by atoms with Gasteiger partial charge in [0.15, 0.2) is 23.0 Å². The Morgan fingerprint density at radius 2 is 0.912 bits per heavy atom. The van der Waals surface area contributed by atoms with Gasteiger partial charge in [-0.25, -0.2) is 0 Å². The Balaban J connectivity index is 1.13. The van der Waals surface area contributed by atoms with Gasteiger partial charge in [-0.15, -0.1) is 0 Å². The van der Waals surface area contributed by atoms with Gasteiger partial charge in [0.05, 0.1) is 22.1 Å². The third-order valence-electron chi connectivity index (χ3n) is 13.7. The lowest BCUT2D eigenvalue weighted by atomic mass is 9.74. The smallest absolute Gasteiger partial charge is 0.318 e. The van der Waals surface area contributed by atoms with Gasteiger partial charge in [-0.1, -0.05) is 118 Å². The van der Waals surface area contributed by atoms with E-state index in [9.17, 15) is 0 Å². The summed E-state index contributed by atoms with van der Waals surface area (Å²) in [6, 6.07) is 43.3. The number of ether oxygens (including phenoxy) is 1. The van der Waals surface area contributed by atoms with Crippen LogP contribution >= 0.6 is 16.9 Å². The van der Waals surface area contributed by atoms with Gasteiger partial charge >= 0.3 is 16.9 Å². The molecule has 0 saturated carbocycles. The Morgan fingerprint density at radius 1 is 0.544 bits per heavy atom. The molecule has 11 rings (SSSR count). The van der Waals surface area contributed by atoms with Crippen LogP contribution in [0.4, 0.5) is 0 Å². The van der Waals surface area contributed by atoms with Crippen LogP contribution in [0.3, 0.4) is 0 Å². The number of hydrogen-bond acceptors (Lipinski definition) is 3. The predicted molar refractivity (Wildman–Crippen MR) is 286 cm³/mol. The molecular formula is C59H56N4O3P2. The van der Waals surface area contributed by atoms with E-state index in [4.69, 9.17) is 13.8 Å². The number of benzene rings is 6. The van der Waals surface area contributed by atoms with Crippen LogP contribution in [-0.4, -0.2) is 17.4 Å². The quantitative estimate of drug-likeness (QED) is 0.0906. The molecule has 0 amide bonds. The van der Waals surface area contributed by atoms with Crippen LogP contribution in [0.25, 0.3) is 49.2 Å². The van der Waals surface area contributed by atoms with Gasteiger partial charge in [-0.3, -0.25) is 17.4 Å². The zero-order valence-electron chi connectivity index (χ0n) is 40.1. The molecule has 0 N–H and O–H groups in total. The van der Waals surface area contributed by atoms with Crippen molar-refractivity contribution in [2.75, 3.05) is 0 Å². The first kappa shape index (κ1) is 43.8. The normalized spacial score (nSPS) is 13.1. The number of nitrogens with zero attached hydrogens (tertiary/aromatic N) is 4. The summed E-state index contributed by atoms with van der Waals surface area (Å²) < 4.78 is 32.1. The first-order valence-corrected chi connectivity index (χ1v) is 25.7. The maximum atomic E-state index is 7.68. The van der Waals surface area contributed by atoms with Crippen molar-refractivity contribution in [2.45, 2.75) is 73.6 Å². The van der Waals surface area contributed by atoms with Crippen LogP contribution in [0.1, 0.15) is 78.6 Å². The van der Waals surface area contributed by atoms with E-state index in [-0.39, 0.29) is 0 Å². The third kappa shape index (κ3) is 7.18. The van der Waals surface area contributed by atoms with E-state index in [0.717, 1.165) is 61.9 Å². The molecule has 0 aliphatic carbocycles. The highest BCUT2D eigenvalue weighted by Gasteiger charge is 2.41. The van der Waals surface area contributed by atoms with Gasteiger partial charge in [0.25, 0.3) is 0 Å². The molecule has 0 fully saturated rings. The molecule has 9 heteroatoms. The van der Waals surface area contributed by atoms with Gasteiger partial charge in [-0.2, -0.15) is 0 Å². The second-order valence-electron chi connectivity index (χ2n) is 19.0. The van der Waals surface area contributed by atoms with E-state index in [1.807, 2.05) is 0 Å². The molecule has 0 atom stereocenters. The molecule has 0 unspecified atom stereocenters. The summed E-state index contributed by atoms with van der Waals surface area (Å²) in [5.74, 6) is 2.68. The van der Waals surface area contributed by atoms with Gasteiger partial charge in [-0.05, 0) is 129 Å². The minimum atomic E-state index is -1.58. The van der Waals surface area contributed by atoms with Crippen molar-refractivity contribution in [3.05, 3.63) is 209 Å². The van der Waals surface area contributed by atoms with E-state index in [1.165, 1.54) is 43.8 Å². The number of para-hydroxylation sites is 4. The Kier molecular flexibility index (Phi) is 10.8. The molecule has 6 aromatic carbocycles. The molecule has 0 radical (unpaired) electrons. The lowest BCUT2D eigenvalue weighted by molar-refractivity contribution is 0.384. The first-order valence-electron chi connectivity index (χ1n) is 23.4. The maximum absolute atomic E-state index is 7.68. The fraction of sp³-hybridized carbons (Fsp3) is 0.186. The van der Waals surface area contributed by atoms with Crippen molar-refractivity contribution in [2.24, 2.45) is 0 Å². The van der Waals surface area contributed by atoms with Crippen LogP contribution in [0.2, 0.25) is 0 Å². The molecule has 5 heterocycles. The summed E-state index contributed by atoms with van der Waals surface area (Å²) in [6.45, 7) is 26.5. The van der Waals surface area contributed by atoms with Crippen molar-refractivity contribution in [1.29, 1.82) is 0 Å². The molecule has 68 heavy (non-hydrogen) atoms. The number of aryl methyl sites for hydroxylation is 4. The highest BCUT2D eigenvalue weighted by Crippen LogP contribution is 2.60. The molecule has 4 aromatic heterocycles. The van der Waals surface area contributed by atoms with Crippen LogP contribution in [0.5, 0.6) is 23.0 Å². The minimum absolute atomic E-state index is 0.555. The fourth-order valence-electron chi connectivity index (χ4n) is 10.1. The van der Waals surface area contributed by atoms with Crippen LogP contribution in [0.15, 0.2) is 165 Å². The highest BCUT2D eigenvalue weighted by molar-refractivity contribution is 7.50. The maximum Gasteiger partial charge on any atom is 0.318 e. The number of allylic oxidation sites excluding steroid dienone is 2. The number of hydrogen-bond donors (Lipinski definition) is 0. The lowest BCUT2D eigenvalue weighted by Crippen LogP contribution is -2.26. The van der Waals surface area contributed by atoms with Gasteiger partial charge in [0, 0.05) is 62.9 Å². The van der Waals surface area contributed by atoms with E-state index < -0.39 is 22.3 Å². The third-order valence-corrected chi connectivity index (χ3v) is 17.2. The summed E-state index contributed by atoms with van der Waals surface area (Å²) in [6.07, 6.45) is 10.4. The lowest BCUT2D eigenvalue weighted by Gasteiger charge is -2.37. The van der Waals surface area contributed by atoms with E-state index in [2.05, 4.69) is 232 Å². The number of fused-ring (bicyclic) bond motifs is 6. The highest BCUT2D eigenvalue weighted by atomic mass is 31.2.